The van der Waals surface area contributed by atoms with Gasteiger partial charge in [0, 0.05) is 18.6 Å². The standard InChI is InChI=1S/C6H7N3/c1-3-7-6-2-4-8-9(6)5-1/h1-6,8H. The maximum Gasteiger partial charge on any atom is 0.159 e. The molecule has 0 aromatic carbocycles. The second kappa shape index (κ2) is 1.62. The van der Waals surface area contributed by atoms with Gasteiger partial charge in [0.2, 0.25) is 0 Å². The van der Waals surface area contributed by atoms with E-state index in [1.807, 2.05) is 29.6 Å². The van der Waals surface area contributed by atoms with Crippen LogP contribution in [-0.4, -0.2) is 17.4 Å². The molecule has 3 nitrogen and oxygen atoms in total. The van der Waals surface area contributed by atoms with Gasteiger partial charge in [0.1, 0.15) is 0 Å². The number of hydrazine groups is 1. The van der Waals surface area contributed by atoms with Crippen molar-refractivity contribution >= 4 is 6.21 Å². The second-order valence-corrected chi connectivity index (χ2v) is 1.95. The molecular formula is C6H7N3. The molecule has 46 valence electrons. The number of nitrogens with zero attached hydrogens (tertiary/aromatic N) is 2. The molecule has 2 heterocycles. The summed E-state index contributed by atoms with van der Waals surface area (Å²) in [5.41, 5.74) is 3.01. The number of rotatable bonds is 0. The highest BCUT2D eigenvalue weighted by atomic mass is 15.6. The van der Waals surface area contributed by atoms with Crippen LogP contribution in [0.4, 0.5) is 0 Å². The smallest absolute Gasteiger partial charge is 0.159 e. The van der Waals surface area contributed by atoms with Crippen LogP contribution in [0.3, 0.4) is 0 Å². The van der Waals surface area contributed by atoms with E-state index in [9.17, 15) is 0 Å². The zero-order valence-electron chi connectivity index (χ0n) is 4.86. The highest BCUT2D eigenvalue weighted by Gasteiger charge is 2.14. The molecule has 1 unspecified atom stereocenters. The molecule has 0 aromatic rings. The molecule has 1 atom stereocenters. The zero-order valence-corrected chi connectivity index (χ0v) is 4.86. The predicted octanol–water partition coefficient (Wildman–Crippen LogP) is 0.244. The van der Waals surface area contributed by atoms with E-state index >= 15 is 0 Å². The normalized spacial score (nSPS) is 28.4. The molecule has 0 saturated carbocycles. The lowest BCUT2D eigenvalue weighted by Gasteiger charge is -2.20. The third kappa shape index (κ3) is 0.614. The van der Waals surface area contributed by atoms with E-state index in [-0.39, 0.29) is 6.17 Å². The van der Waals surface area contributed by atoms with Gasteiger partial charge in [0.15, 0.2) is 6.17 Å². The summed E-state index contributed by atoms with van der Waals surface area (Å²) in [6.45, 7) is 0. The fraction of sp³-hybridized carbons (Fsp3) is 0.167. The van der Waals surface area contributed by atoms with Gasteiger partial charge < -0.3 is 5.43 Å². The van der Waals surface area contributed by atoms with Crippen LogP contribution in [0.2, 0.25) is 0 Å². The Balaban J connectivity index is 2.25. The van der Waals surface area contributed by atoms with E-state index in [1.165, 1.54) is 0 Å². The molecular weight excluding hydrogens is 114 g/mol. The van der Waals surface area contributed by atoms with E-state index in [4.69, 9.17) is 0 Å². The van der Waals surface area contributed by atoms with E-state index < -0.39 is 0 Å². The van der Waals surface area contributed by atoms with Crippen LogP contribution in [0.5, 0.6) is 0 Å². The molecule has 0 bridgehead atoms. The predicted molar refractivity (Wildman–Crippen MR) is 35.5 cm³/mol. The summed E-state index contributed by atoms with van der Waals surface area (Å²) < 4.78 is 0. The van der Waals surface area contributed by atoms with E-state index in [0.29, 0.717) is 0 Å². The van der Waals surface area contributed by atoms with Crippen LogP contribution >= 0.6 is 0 Å². The van der Waals surface area contributed by atoms with Crippen molar-refractivity contribution in [1.29, 1.82) is 0 Å². The number of hydrogen-bond acceptors (Lipinski definition) is 3. The molecule has 9 heavy (non-hydrogen) atoms. The van der Waals surface area contributed by atoms with Gasteiger partial charge in [-0.2, -0.15) is 0 Å². The quantitative estimate of drug-likeness (QED) is 0.497. The first-order valence-electron chi connectivity index (χ1n) is 2.88. The van der Waals surface area contributed by atoms with Crippen LogP contribution < -0.4 is 5.43 Å². The van der Waals surface area contributed by atoms with Gasteiger partial charge in [-0.3, -0.25) is 10.0 Å². The Bertz CT molecular complexity index is 192. The van der Waals surface area contributed by atoms with E-state index in [1.54, 1.807) is 6.21 Å². The maximum absolute atomic E-state index is 4.16. The molecule has 2 aliphatic heterocycles. The minimum atomic E-state index is 0.190. The van der Waals surface area contributed by atoms with Crippen LogP contribution in [0.15, 0.2) is 29.5 Å². The van der Waals surface area contributed by atoms with Crippen molar-refractivity contribution in [3.8, 4) is 0 Å². The number of nitrogens with one attached hydrogen (secondary N) is 1. The van der Waals surface area contributed by atoms with Gasteiger partial charge in [0.05, 0.1) is 0 Å². The lowest BCUT2D eigenvalue weighted by atomic mass is 10.4. The Morgan fingerprint density at radius 2 is 2.56 bits per heavy atom. The summed E-state index contributed by atoms with van der Waals surface area (Å²) in [6, 6.07) is 0. The van der Waals surface area contributed by atoms with Crippen molar-refractivity contribution in [1.82, 2.24) is 10.4 Å². The number of hydrogen-bond donors (Lipinski definition) is 1. The topological polar surface area (TPSA) is 27.6 Å². The van der Waals surface area contributed by atoms with Crippen LogP contribution in [0, 0.1) is 0 Å². The number of aliphatic imine (C=N–C) groups is 1. The van der Waals surface area contributed by atoms with Crippen molar-refractivity contribution in [2.24, 2.45) is 4.99 Å². The Morgan fingerprint density at radius 1 is 1.56 bits per heavy atom. The molecule has 2 aliphatic rings. The van der Waals surface area contributed by atoms with Crippen molar-refractivity contribution in [2.75, 3.05) is 0 Å². The summed E-state index contributed by atoms with van der Waals surface area (Å²) in [6.07, 6.45) is 9.74. The molecule has 0 spiro atoms. The largest absolute Gasteiger partial charge is 0.304 e. The molecule has 1 N–H and O–H groups in total. The van der Waals surface area contributed by atoms with E-state index in [0.717, 1.165) is 0 Å². The minimum absolute atomic E-state index is 0.190. The Hall–Kier alpha value is -1.25. The second-order valence-electron chi connectivity index (χ2n) is 1.95. The first kappa shape index (κ1) is 4.61. The van der Waals surface area contributed by atoms with Gasteiger partial charge in [-0.1, -0.05) is 0 Å². The molecule has 2 rings (SSSR count). The SMILES string of the molecule is C1=CN2NC=CC2N=C1. The van der Waals surface area contributed by atoms with Gasteiger partial charge in [-0.05, 0) is 12.2 Å². The van der Waals surface area contributed by atoms with Crippen LogP contribution in [0.25, 0.3) is 0 Å². The minimum Gasteiger partial charge on any atom is -0.304 e. The summed E-state index contributed by atoms with van der Waals surface area (Å²) in [7, 11) is 0. The number of fused-ring (bicyclic) bond motifs is 1. The monoisotopic (exact) mass is 121 g/mol. The maximum atomic E-state index is 4.16. The van der Waals surface area contributed by atoms with E-state index in [2.05, 4.69) is 10.4 Å². The lowest BCUT2D eigenvalue weighted by Crippen LogP contribution is -2.32. The van der Waals surface area contributed by atoms with Gasteiger partial charge >= 0.3 is 0 Å². The number of allylic oxidation sites excluding steroid dienone is 1. The Morgan fingerprint density at radius 3 is 3.44 bits per heavy atom. The van der Waals surface area contributed by atoms with Crippen LogP contribution in [0.1, 0.15) is 0 Å². The fourth-order valence-electron chi connectivity index (χ4n) is 0.906. The van der Waals surface area contributed by atoms with Gasteiger partial charge in [-0.25, -0.2) is 0 Å². The lowest BCUT2D eigenvalue weighted by molar-refractivity contribution is 0.296. The molecule has 0 radical (unpaired) electrons. The average molecular weight is 121 g/mol. The Kier molecular flexibility index (Phi) is 0.828. The third-order valence-electron chi connectivity index (χ3n) is 1.35. The van der Waals surface area contributed by atoms with Gasteiger partial charge in [-0.15, -0.1) is 0 Å². The highest BCUT2D eigenvalue weighted by Crippen LogP contribution is 2.08. The summed E-state index contributed by atoms with van der Waals surface area (Å²) in [4.78, 5) is 4.16. The summed E-state index contributed by atoms with van der Waals surface area (Å²) in [5, 5.41) is 1.93. The molecule has 3 heteroatoms. The van der Waals surface area contributed by atoms with Gasteiger partial charge in [0.25, 0.3) is 0 Å². The fourth-order valence-corrected chi connectivity index (χ4v) is 0.906. The molecule has 0 aliphatic carbocycles. The van der Waals surface area contributed by atoms with Crippen LogP contribution in [-0.2, 0) is 0 Å². The van der Waals surface area contributed by atoms with Crippen molar-refractivity contribution in [2.45, 2.75) is 6.17 Å². The highest BCUT2D eigenvalue weighted by molar-refractivity contribution is 5.72. The summed E-state index contributed by atoms with van der Waals surface area (Å²) >= 11 is 0. The van der Waals surface area contributed by atoms with Crippen molar-refractivity contribution in [3.63, 3.8) is 0 Å². The van der Waals surface area contributed by atoms with Crippen molar-refractivity contribution in [3.05, 3.63) is 24.6 Å². The molecule has 0 saturated heterocycles. The molecule has 0 aromatic heterocycles. The first-order valence-corrected chi connectivity index (χ1v) is 2.88. The Labute approximate surface area is 53.3 Å². The molecule has 0 fully saturated rings. The average Bonchev–Trinajstić information content (AvgIpc) is 2.33. The first-order chi connectivity index (χ1) is 4.47. The summed E-state index contributed by atoms with van der Waals surface area (Å²) in [5.74, 6) is 0. The molecule has 0 amide bonds. The third-order valence-corrected chi connectivity index (χ3v) is 1.35. The van der Waals surface area contributed by atoms with Crippen molar-refractivity contribution < 1.29 is 0 Å². The zero-order chi connectivity index (χ0) is 6.10.